The lowest BCUT2D eigenvalue weighted by Crippen LogP contribution is -2.06. The molecule has 0 atom stereocenters. The lowest BCUT2D eigenvalue weighted by Gasteiger charge is -2.04. The number of carbonyl (C=O) groups is 1. The summed E-state index contributed by atoms with van der Waals surface area (Å²) in [5, 5.41) is 0. The van der Waals surface area contributed by atoms with Gasteiger partial charge in [-0.25, -0.2) is 4.79 Å². The molecule has 3 nitrogen and oxygen atoms in total. The monoisotopic (exact) mass is 206 g/mol. The first-order valence-corrected chi connectivity index (χ1v) is 4.75. The third-order valence-corrected chi connectivity index (χ3v) is 1.84. The summed E-state index contributed by atoms with van der Waals surface area (Å²) in [6.45, 7) is 2.16. The first-order chi connectivity index (χ1) is 7.29. The fourth-order valence-corrected chi connectivity index (χ4v) is 1.18. The van der Waals surface area contributed by atoms with Crippen molar-refractivity contribution in [3.8, 4) is 0 Å². The van der Waals surface area contributed by atoms with Crippen molar-refractivity contribution < 1.29 is 14.3 Å². The first kappa shape index (κ1) is 11.3. The highest BCUT2D eigenvalue weighted by atomic mass is 16.5. The van der Waals surface area contributed by atoms with Gasteiger partial charge in [0.05, 0.1) is 25.5 Å². The van der Waals surface area contributed by atoms with E-state index in [2.05, 4.69) is 0 Å². The molecule has 0 unspecified atom stereocenters. The fourth-order valence-electron chi connectivity index (χ4n) is 1.18. The molecule has 15 heavy (non-hydrogen) atoms. The molecule has 0 saturated heterocycles. The van der Waals surface area contributed by atoms with Gasteiger partial charge in [-0.3, -0.25) is 0 Å². The summed E-state index contributed by atoms with van der Waals surface area (Å²) in [6.07, 6.45) is 3.25. The van der Waals surface area contributed by atoms with Crippen LogP contribution in [0.4, 0.5) is 0 Å². The number of benzene rings is 1. The second-order valence-corrected chi connectivity index (χ2v) is 2.85. The van der Waals surface area contributed by atoms with E-state index in [0.717, 1.165) is 5.56 Å². The van der Waals surface area contributed by atoms with Gasteiger partial charge in [0, 0.05) is 0 Å². The van der Waals surface area contributed by atoms with Crippen LogP contribution in [-0.4, -0.2) is 19.7 Å². The van der Waals surface area contributed by atoms with Crippen molar-refractivity contribution in [2.75, 3.05) is 13.7 Å². The molecule has 0 fully saturated rings. The molecule has 0 aromatic heterocycles. The maximum Gasteiger partial charge on any atom is 0.338 e. The maximum absolute atomic E-state index is 11.5. The van der Waals surface area contributed by atoms with E-state index in [1.165, 1.54) is 6.26 Å². The summed E-state index contributed by atoms with van der Waals surface area (Å²) < 4.78 is 9.74. The highest BCUT2D eigenvalue weighted by molar-refractivity contribution is 5.93. The zero-order valence-electron chi connectivity index (χ0n) is 8.90. The molecule has 1 aromatic carbocycles. The van der Waals surface area contributed by atoms with E-state index < -0.39 is 0 Å². The number of rotatable bonds is 4. The van der Waals surface area contributed by atoms with Gasteiger partial charge in [0.25, 0.3) is 0 Å². The lowest BCUT2D eigenvalue weighted by molar-refractivity contribution is 0.0526. The Morgan fingerprint density at radius 1 is 1.40 bits per heavy atom. The van der Waals surface area contributed by atoms with Gasteiger partial charge in [-0.05, 0) is 24.6 Å². The number of hydrogen-bond acceptors (Lipinski definition) is 3. The highest BCUT2D eigenvalue weighted by Gasteiger charge is 2.09. The molecule has 1 rings (SSSR count). The average molecular weight is 206 g/mol. The number of hydrogen-bond donors (Lipinski definition) is 0. The molecule has 0 heterocycles. The Morgan fingerprint density at radius 3 is 2.80 bits per heavy atom. The average Bonchev–Trinajstić information content (AvgIpc) is 2.27. The number of esters is 1. The fraction of sp³-hybridized carbons (Fsp3) is 0.250. The van der Waals surface area contributed by atoms with Crippen LogP contribution < -0.4 is 0 Å². The molecular weight excluding hydrogens is 192 g/mol. The smallest absolute Gasteiger partial charge is 0.338 e. The quantitative estimate of drug-likeness (QED) is 0.560. The van der Waals surface area contributed by atoms with Crippen LogP contribution in [0.1, 0.15) is 22.8 Å². The van der Waals surface area contributed by atoms with E-state index in [1.54, 1.807) is 32.2 Å². The molecule has 0 aliphatic carbocycles. The molecule has 0 radical (unpaired) electrons. The van der Waals surface area contributed by atoms with Crippen molar-refractivity contribution in [1.82, 2.24) is 0 Å². The lowest BCUT2D eigenvalue weighted by atomic mass is 10.1. The maximum atomic E-state index is 11.5. The Kier molecular flexibility index (Phi) is 4.41. The molecule has 0 bridgehead atoms. The van der Waals surface area contributed by atoms with Gasteiger partial charge in [-0.15, -0.1) is 0 Å². The topological polar surface area (TPSA) is 35.5 Å². The van der Waals surface area contributed by atoms with Gasteiger partial charge in [0.15, 0.2) is 0 Å². The number of methoxy groups -OCH3 is 1. The number of carbonyl (C=O) groups excluding carboxylic acids is 1. The van der Waals surface area contributed by atoms with Crippen LogP contribution in [0, 0.1) is 0 Å². The second-order valence-electron chi connectivity index (χ2n) is 2.85. The highest BCUT2D eigenvalue weighted by Crippen LogP contribution is 2.12. The van der Waals surface area contributed by atoms with Gasteiger partial charge >= 0.3 is 5.97 Å². The minimum absolute atomic E-state index is 0.311. The molecule has 0 aliphatic heterocycles. The van der Waals surface area contributed by atoms with Crippen molar-refractivity contribution in [2.24, 2.45) is 0 Å². The van der Waals surface area contributed by atoms with Crippen molar-refractivity contribution in [3.63, 3.8) is 0 Å². The molecule has 0 amide bonds. The summed E-state index contributed by atoms with van der Waals surface area (Å²) in [6, 6.07) is 7.23. The van der Waals surface area contributed by atoms with Crippen LogP contribution in [0.2, 0.25) is 0 Å². The van der Waals surface area contributed by atoms with E-state index in [-0.39, 0.29) is 5.97 Å². The molecule has 80 valence electrons. The van der Waals surface area contributed by atoms with Crippen LogP contribution in [0.3, 0.4) is 0 Å². The third-order valence-electron chi connectivity index (χ3n) is 1.84. The van der Waals surface area contributed by atoms with Crippen LogP contribution in [-0.2, 0) is 9.47 Å². The van der Waals surface area contributed by atoms with Crippen LogP contribution in [0.25, 0.3) is 6.08 Å². The SMILES string of the molecule is CCOC(=O)c1ccccc1/C=C/OC. The normalized spacial score (nSPS) is 10.3. The Hall–Kier alpha value is -1.77. The molecule has 0 N–H and O–H groups in total. The van der Waals surface area contributed by atoms with E-state index in [4.69, 9.17) is 9.47 Å². The van der Waals surface area contributed by atoms with Crippen molar-refractivity contribution in [1.29, 1.82) is 0 Å². The Balaban J connectivity index is 2.95. The van der Waals surface area contributed by atoms with Gasteiger partial charge in [-0.2, -0.15) is 0 Å². The van der Waals surface area contributed by atoms with E-state index in [0.29, 0.717) is 12.2 Å². The molecule has 0 saturated carbocycles. The second kappa shape index (κ2) is 5.86. The number of ether oxygens (including phenoxy) is 2. The predicted molar refractivity (Wildman–Crippen MR) is 58.4 cm³/mol. The van der Waals surface area contributed by atoms with Gasteiger partial charge in [-0.1, -0.05) is 18.2 Å². The minimum atomic E-state index is -0.311. The van der Waals surface area contributed by atoms with Gasteiger partial charge in [0.2, 0.25) is 0 Å². The van der Waals surface area contributed by atoms with Crippen LogP contribution >= 0.6 is 0 Å². The van der Waals surface area contributed by atoms with E-state index in [9.17, 15) is 4.79 Å². The zero-order valence-corrected chi connectivity index (χ0v) is 8.90. The summed E-state index contributed by atoms with van der Waals surface area (Å²) in [5.74, 6) is -0.311. The van der Waals surface area contributed by atoms with Crippen molar-refractivity contribution in [3.05, 3.63) is 41.7 Å². The first-order valence-electron chi connectivity index (χ1n) is 4.75. The van der Waals surface area contributed by atoms with Crippen molar-refractivity contribution in [2.45, 2.75) is 6.92 Å². The molecule has 0 aliphatic rings. The Morgan fingerprint density at radius 2 is 2.13 bits per heavy atom. The largest absolute Gasteiger partial charge is 0.504 e. The Labute approximate surface area is 89.3 Å². The van der Waals surface area contributed by atoms with Crippen LogP contribution in [0.15, 0.2) is 30.5 Å². The third kappa shape index (κ3) is 3.13. The summed E-state index contributed by atoms with van der Waals surface area (Å²) in [4.78, 5) is 11.5. The molecular formula is C12H14O3. The van der Waals surface area contributed by atoms with E-state index >= 15 is 0 Å². The van der Waals surface area contributed by atoms with Crippen molar-refractivity contribution >= 4 is 12.0 Å². The summed E-state index contributed by atoms with van der Waals surface area (Å²) in [5.41, 5.74) is 1.34. The summed E-state index contributed by atoms with van der Waals surface area (Å²) in [7, 11) is 1.56. The molecule has 3 heteroatoms. The minimum Gasteiger partial charge on any atom is -0.504 e. The van der Waals surface area contributed by atoms with Crippen LogP contribution in [0.5, 0.6) is 0 Å². The predicted octanol–water partition coefficient (Wildman–Crippen LogP) is 2.48. The zero-order chi connectivity index (χ0) is 11.1. The van der Waals surface area contributed by atoms with E-state index in [1.807, 2.05) is 12.1 Å². The standard InChI is InChI=1S/C12H14O3/c1-3-15-12(13)11-7-5-4-6-10(11)8-9-14-2/h4-9H,3H2,1-2H3/b9-8+. The summed E-state index contributed by atoms with van der Waals surface area (Å²) >= 11 is 0. The molecule has 1 aromatic rings. The molecule has 0 spiro atoms. The van der Waals surface area contributed by atoms with Gasteiger partial charge in [0.1, 0.15) is 0 Å². The van der Waals surface area contributed by atoms with Gasteiger partial charge < -0.3 is 9.47 Å². The Bertz CT molecular complexity index is 356.